The lowest BCUT2D eigenvalue weighted by molar-refractivity contribution is 0.0181. The fourth-order valence-corrected chi connectivity index (χ4v) is 2.61. The highest BCUT2D eigenvalue weighted by Crippen LogP contribution is 2.20. The second-order valence-electron chi connectivity index (χ2n) is 5.39. The summed E-state index contributed by atoms with van der Waals surface area (Å²) >= 11 is 0. The van der Waals surface area contributed by atoms with Crippen molar-refractivity contribution in [1.29, 1.82) is 0 Å². The van der Waals surface area contributed by atoms with E-state index in [2.05, 4.69) is 37.7 Å². The van der Waals surface area contributed by atoms with Gasteiger partial charge in [-0.25, -0.2) is 0 Å². The Balaban J connectivity index is 2.36. The Morgan fingerprint density at radius 3 is 2.41 bits per heavy atom. The van der Waals surface area contributed by atoms with Crippen LogP contribution in [0.4, 0.5) is 0 Å². The normalized spacial score (nSPS) is 27.0. The first kappa shape index (κ1) is 14.9. The molecular weight excluding hydrogens is 214 g/mol. The van der Waals surface area contributed by atoms with Crippen LogP contribution in [-0.4, -0.2) is 68.3 Å². The number of hydrogen-bond donors (Lipinski definition) is 1. The number of nitrogens with zero attached hydrogens (tertiary/aromatic N) is 2. The minimum atomic E-state index is 0.294. The van der Waals surface area contributed by atoms with E-state index in [0.29, 0.717) is 24.8 Å². The lowest BCUT2D eigenvalue weighted by Crippen LogP contribution is -2.43. The van der Waals surface area contributed by atoms with Crippen LogP contribution in [0.3, 0.4) is 0 Å². The lowest BCUT2D eigenvalue weighted by Gasteiger charge is -2.31. The maximum Gasteiger partial charge on any atom is 0.0707 e. The summed E-state index contributed by atoms with van der Waals surface area (Å²) in [5.41, 5.74) is 5.64. The highest BCUT2D eigenvalue weighted by molar-refractivity contribution is 4.79. The van der Waals surface area contributed by atoms with Crippen LogP contribution in [-0.2, 0) is 4.74 Å². The van der Waals surface area contributed by atoms with Crippen LogP contribution >= 0.6 is 0 Å². The molecule has 1 aliphatic heterocycles. The zero-order valence-corrected chi connectivity index (χ0v) is 11.9. The number of hydrogen-bond acceptors (Lipinski definition) is 4. The average molecular weight is 243 g/mol. The van der Waals surface area contributed by atoms with Gasteiger partial charge in [0.15, 0.2) is 0 Å². The second kappa shape index (κ2) is 7.31. The van der Waals surface area contributed by atoms with E-state index in [4.69, 9.17) is 10.5 Å². The molecule has 0 aromatic rings. The van der Waals surface area contributed by atoms with E-state index in [1.165, 1.54) is 0 Å². The molecule has 0 amide bonds. The van der Waals surface area contributed by atoms with Crippen molar-refractivity contribution in [1.82, 2.24) is 9.80 Å². The number of nitrogens with two attached hydrogens (primary N) is 1. The number of likely N-dealkylation sites (N-methyl/N-ethyl adjacent to an activating group) is 2. The second-order valence-corrected chi connectivity index (χ2v) is 5.39. The topological polar surface area (TPSA) is 41.7 Å². The summed E-state index contributed by atoms with van der Waals surface area (Å²) < 4.78 is 5.92. The Hall–Kier alpha value is -0.160. The first-order chi connectivity index (χ1) is 8.06. The molecule has 0 saturated carbocycles. The monoisotopic (exact) mass is 243 g/mol. The third-order valence-electron chi connectivity index (χ3n) is 3.56. The van der Waals surface area contributed by atoms with Gasteiger partial charge in [-0.05, 0) is 40.4 Å². The predicted octanol–water partition coefficient (Wildman–Crippen LogP) is 0.765. The standard InChI is InChI=1S/C13H29N3O/c1-5-16(11(2)9-15(3)4)10-13-7-6-12(8-14)17-13/h11-13H,5-10,14H2,1-4H3. The highest BCUT2D eigenvalue weighted by atomic mass is 16.5. The average Bonchev–Trinajstić information content (AvgIpc) is 2.72. The van der Waals surface area contributed by atoms with E-state index < -0.39 is 0 Å². The molecule has 1 fully saturated rings. The minimum absolute atomic E-state index is 0.294. The molecule has 0 aromatic heterocycles. The summed E-state index contributed by atoms with van der Waals surface area (Å²) in [7, 11) is 4.25. The Morgan fingerprint density at radius 1 is 1.29 bits per heavy atom. The molecule has 0 bridgehead atoms. The quantitative estimate of drug-likeness (QED) is 0.717. The molecule has 102 valence electrons. The zero-order valence-electron chi connectivity index (χ0n) is 11.9. The minimum Gasteiger partial charge on any atom is -0.372 e. The van der Waals surface area contributed by atoms with Crippen LogP contribution < -0.4 is 5.73 Å². The lowest BCUT2D eigenvalue weighted by atomic mass is 10.1. The molecule has 4 nitrogen and oxygen atoms in total. The molecule has 4 heteroatoms. The Labute approximate surface area is 106 Å². The van der Waals surface area contributed by atoms with Crippen molar-refractivity contribution in [2.75, 3.05) is 40.3 Å². The summed E-state index contributed by atoms with van der Waals surface area (Å²) in [6.07, 6.45) is 2.96. The maximum atomic E-state index is 5.92. The fourth-order valence-electron chi connectivity index (χ4n) is 2.61. The molecule has 0 aliphatic carbocycles. The molecular formula is C13H29N3O. The molecule has 1 aliphatic rings. The van der Waals surface area contributed by atoms with Crippen molar-refractivity contribution < 1.29 is 4.74 Å². The predicted molar refractivity (Wildman–Crippen MR) is 72.2 cm³/mol. The van der Waals surface area contributed by atoms with Crippen molar-refractivity contribution in [3.8, 4) is 0 Å². The van der Waals surface area contributed by atoms with Gasteiger partial charge in [-0.15, -0.1) is 0 Å². The molecule has 1 rings (SSSR count). The Bertz CT molecular complexity index is 211. The van der Waals surface area contributed by atoms with Crippen LogP contribution in [0.2, 0.25) is 0 Å². The molecule has 0 radical (unpaired) electrons. The van der Waals surface area contributed by atoms with Crippen molar-refractivity contribution in [3.05, 3.63) is 0 Å². The van der Waals surface area contributed by atoms with Gasteiger partial charge in [-0.2, -0.15) is 0 Å². The smallest absolute Gasteiger partial charge is 0.0707 e. The number of ether oxygens (including phenoxy) is 1. The molecule has 17 heavy (non-hydrogen) atoms. The van der Waals surface area contributed by atoms with Gasteiger partial charge in [-0.3, -0.25) is 4.90 Å². The summed E-state index contributed by atoms with van der Waals surface area (Å²) in [5.74, 6) is 0. The van der Waals surface area contributed by atoms with Crippen molar-refractivity contribution >= 4 is 0 Å². The highest BCUT2D eigenvalue weighted by Gasteiger charge is 2.26. The molecule has 2 N–H and O–H groups in total. The fraction of sp³-hybridized carbons (Fsp3) is 1.00. The van der Waals surface area contributed by atoms with Gasteiger partial charge in [0.05, 0.1) is 12.2 Å². The number of rotatable bonds is 7. The largest absolute Gasteiger partial charge is 0.372 e. The first-order valence-corrected chi connectivity index (χ1v) is 6.81. The van der Waals surface area contributed by atoms with Crippen LogP contribution in [0, 0.1) is 0 Å². The van der Waals surface area contributed by atoms with Gasteiger partial charge in [0.1, 0.15) is 0 Å². The summed E-state index contributed by atoms with van der Waals surface area (Å²) in [6.45, 7) is 8.40. The molecule has 1 heterocycles. The zero-order chi connectivity index (χ0) is 12.8. The van der Waals surface area contributed by atoms with Crippen LogP contribution in [0.5, 0.6) is 0 Å². The summed E-state index contributed by atoms with van der Waals surface area (Å²) in [5, 5.41) is 0. The molecule has 0 aromatic carbocycles. The van der Waals surface area contributed by atoms with E-state index >= 15 is 0 Å². The van der Waals surface area contributed by atoms with Crippen molar-refractivity contribution in [2.24, 2.45) is 5.73 Å². The summed E-state index contributed by atoms with van der Waals surface area (Å²) in [4.78, 5) is 4.75. The third kappa shape index (κ3) is 4.92. The van der Waals surface area contributed by atoms with Crippen LogP contribution in [0.1, 0.15) is 26.7 Å². The molecule has 3 unspecified atom stereocenters. The summed E-state index contributed by atoms with van der Waals surface area (Å²) in [6, 6.07) is 0.579. The third-order valence-corrected chi connectivity index (χ3v) is 3.56. The van der Waals surface area contributed by atoms with Gasteiger partial charge >= 0.3 is 0 Å². The van der Waals surface area contributed by atoms with Crippen LogP contribution in [0.15, 0.2) is 0 Å². The van der Waals surface area contributed by atoms with E-state index in [-0.39, 0.29) is 0 Å². The van der Waals surface area contributed by atoms with E-state index in [0.717, 1.165) is 32.5 Å². The van der Waals surface area contributed by atoms with E-state index in [9.17, 15) is 0 Å². The van der Waals surface area contributed by atoms with Gasteiger partial charge in [0.2, 0.25) is 0 Å². The van der Waals surface area contributed by atoms with Crippen molar-refractivity contribution in [2.45, 2.75) is 44.9 Å². The van der Waals surface area contributed by atoms with E-state index in [1.54, 1.807) is 0 Å². The first-order valence-electron chi connectivity index (χ1n) is 6.81. The molecule has 1 saturated heterocycles. The molecule has 3 atom stereocenters. The van der Waals surface area contributed by atoms with Gasteiger partial charge < -0.3 is 15.4 Å². The van der Waals surface area contributed by atoms with Crippen LogP contribution in [0.25, 0.3) is 0 Å². The Morgan fingerprint density at radius 2 is 1.94 bits per heavy atom. The van der Waals surface area contributed by atoms with Crippen molar-refractivity contribution in [3.63, 3.8) is 0 Å². The SMILES string of the molecule is CCN(CC1CCC(CN)O1)C(C)CN(C)C. The van der Waals surface area contributed by atoms with Gasteiger partial charge in [0, 0.05) is 25.7 Å². The van der Waals surface area contributed by atoms with Gasteiger partial charge in [0.25, 0.3) is 0 Å². The maximum absolute atomic E-state index is 5.92. The van der Waals surface area contributed by atoms with E-state index in [1.807, 2.05) is 0 Å². The molecule has 0 spiro atoms. The van der Waals surface area contributed by atoms with Gasteiger partial charge in [-0.1, -0.05) is 6.92 Å². The Kier molecular flexibility index (Phi) is 6.41.